The molecule has 2 aromatic heterocycles. The number of rotatable bonds is 6. The van der Waals surface area contributed by atoms with E-state index in [2.05, 4.69) is 15.3 Å². The van der Waals surface area contributed by atoms with Crippen LogP contribution >= 0.6 is 22.9 Å². The van der Waals surface area contributed by atoms with Gasteiger partial charge in [0.1, 0.15) is 5.82 Å². The first-order valence-electron chi connectivity index (χ1n) is 7.67. The summed E-state index contributed by atoms with van der Waals surface area (Å²) in [6.07, 6.45) is 5.42. The average molecular weight is 376 g/mol. The highest BCUT2D eigenvalue weighted by molar-refractivity contribution is 7.09. The van der Waals surface area contributed by atoms with Crippen LogP contribution in [0.2, 0.25) is 5.02 Å². The van der Waals surface area contributed by atoms with Gasteiger partial charge in [-0.15, -0.1) is 11.3 Å². The number of aryl methyl sites for hydroxylation is 2. The Morgan fingerprint density at radius 2 is 2.00 bits per heavy atom. The van der Waals surface area contributed by atoms with Crippen molar-refractivity contribution in [3.05, 3.63) is 75.2 Å². The van der Waals surface area contributed by atoms with E-state index in [0.717, 1.165) is 23.5 Å². The van der Waals surface area contributed by atoms with Gasteiger partial charge in [-0.05, 0) is 42.3 Å². The molecule has 2 heterocycles. The van der Waals surface area contributed by atoms with E-state index in [1.165, 1.54) is 23.8 Å². The predicted octanol–water partition coefficient (Wildman–Crippen LogP) is 4.30. The van der Waals surface area contributed by atoms with Gasteiger partial charge < -0.3 is 5.32 Å². The first-order chi connectivity index (χ1) is 12.1. The highest BCUT2D eigenvalue weighted by Gasteiger charge is 2.09. The molecule has 3 aromatic rings. The summed E-state index contributed by atoms with van der Waals surface area (Å²) in [6.45, 7) is 0. The second-order valence-electron chi connectivity index (χ2n) is 5.44. The molecular formula is C18H15ClFN3OS. The molecule has 4 nitrogen and oxygen atoms in total. The smallest absolute Gasteiger partial charge is 0.230 e. The van der Waals surface area contributed by atoms with Gasteiger partial charge >= 0.3 is 0 Å². The van der Waals surface area contributed by atoms with Gasteiger partial charge in [-0.1, -0.05) is 11.6 Å². The van der Waals surface area contributed by atoms with Crippen molar-refractivity contribution < 1.29 is 9.18 Å². The van der Waals surface area contributed by atoms with Gasteiger partial charge in [-0.3, -0.25) is 9.78 Å². The summed E-state index contributed by atoms with van der Waals surface area (Å²) in [5, 5.41) is 5.55. The molecule has 0 aliphatic rings. The number of amides is 1. The van der Waals surface area contributed by atoms with E-state index in [1.54, 1.807) is 23.7 Å². The van der Waals surface area contributed by atoms with Gasteiger partial charge in [0.15, 0.2) is 0 Å². The minimum atomic E-state index is -0.516. The predicted molar refractivity (Wildman–Crippen MR) is 97.5 cm³/mol. The highest BCUT2D eigenvalue weighted by Crippen LogP contribution is 2.20. The van der Waals surface area contributed by atoms with Crippen LogP contribution in [0.3, 0.4) is 0 Å². The van der Waals surface area contributed by atoms with E-state index in [1.807, 2.05) is 17.5 Å². The van der Waals surface area contributed by atoms with Crippen LogP contribution in [0.5, 0.6) is 0 Å². The lowest BCUT2D eigenvalue weighted by molar-refractivity contribution is -0.115. The quantitative estimate of drug-likeness (QED) is 0.699. The second-order valence-corrected chi connectivity index (χ2v) is 6.79. The van der Waals surface area contributed by atoms with E-state index in [-0.39, 0.29) is 17.4 Å². The number of nitrogens with zero attached hydrogens (tertiary/aromatic N) is 2. The van der Waals surface area contributed by atoms with Crippen molar-refractivity contribution in [2.45, 2.75) is 19.3 Å². The number of anilines is 1. The zero-order chi connectivity index (χ0) is 17.6. The average Bonchev–Trinajstić information content (AvgIpc) is 3.04. The molecule has 1 aromatic carbocycles. The Morgan fingerprint density at radius 1 is 1.20 bits per heavy atom. The van der Waals surface area contributed by atoms with Crippen molar-refractivity contribution in [1.82, 2.24) is 9.97 Å². The van der Waals surface area contributed by atoms with Crippen molar-refractivity contribution in [2.75, 3.05) is 5.32 Å². The fourth-order valence-corrected chi connectivity index (χ4v) is 3.27. The van der Waals surface area contributed by atoms with Crippen LogP contribution in [0.1, 0.15) is 16.3 Å². The Bertz CT molecular complexity index is 870. The highest BCUT2D eigenvalue weighted by atomic mass is 35.5. The summed E-state index contributed by atoms with van der Waals surface area (Å²) >= 11 is 7.25. The molecule has 0 aliphatic heterocycles. The molecule has 0 radical (unpaired) electrons. The molecule has 1 N–H and O–H groups in total. The van der Waals surface area contributed by atoms with Gasteiger partial charge in [-0.25, -0.2) is 9.37 Å². The maximum Gasteiger partial charge on any atom is 0.230 e. The van der Waals surface area contributed by atoms with E-state index in [9.17, 15) is 9.18 Å². The van der Waals surface area contributed by atoms with Crippen molar-refractivity contribution in [2.24, 2.45) is 0 Å². The Kier molecular flexibility index (Phi) is 5.73. The number of pyridine rings is 1. The maximum absolute atomic E-state index is 13.1. The van der Waals surface area contributed by atoms with Crippen LogP contribution in [0.4, 0.5) is 10.1 Å². The number of thiazole rings is 1. The van der Waals surface area contributed by atoms with E-state index in [4.69, 9.17) is 11.6 Å². The number of aromatic nitrogens is 2. The van der Waals surface area contributed by atoms with E-state index in [0.29, 0.717) is 5.69 Å². The lowest BCUT2D eigenvalue weighted by atomic mass is 10.1. The van der Waals surface area contributed by atoms with Gasteiger partial charge in [0.05, 0.1) is 22.1 Å². The standard InChI is InChI=1S/C18H15ClFN3OS/c19-15-9-13(2-3-16(15)20)22-17(24)10-14-11-25-18(23-14)4-1-12-5-7-21-8-6-12/h2-3,5-9,11H,1,4,10H2,(H,22,24). The van der Waals surface area contributed by atoms with E-state index >= 15 is 0 Å². The molecule has 7 heteroatoms. The lowest BCUT2D eigenvalue weighted by Gasteiger charge is -2.04. The number of halogens is 2. The van der Waals surface area contributed by atoms with E-state index < -0.39 is 5.82 Å². The summed E-state index contributed by atoms with van der Waals surface area (Å²) in [5.74, 6) is -0.730. The Balaban J connectivity index is 1.53. The number of hydrogen-bond acceptors (Lipinski definition) is 4. The molecule has 0 aliphatic carbocycles. The molecule has 0 fully saturated rings. The SMILES string of the molecule is O=C(Cc1csc(CCc2ccncc2)n1)Nc1ccc(F)c(Cl)c1. The third-order valence-corrected chi connectivity index (χ3v) is 4.77. The molecule has 0 saturated carbocycles. The third-order valence-electron chi connectivity index (χ3n) is 3.52. The Labute approximate surface area is 153 Å². The van der Waals surface area contributed by atoms with Gasteiger partial charge in [0, 0.05) is 29.9 Å². The molecule has 0 atom stereocenters. The number of hydrogen-bond donors (Lipinski definition) is 1. The lowest BCUT2D eigenvalue weighted by Crippen LogP contribution is -2.14. The fraction of sp³-hybridized carbons (Fsp3) is 0.167. The third kappa shape index (κ3) is 5.08. The summed E-state index contributed by atoms with van der Waals surface area (Å²) in [5.41, 5.74) is 2.39. The van der Waals surface area contributed by atoms with Crippen LogP contribution in [-0.4, -0.2) is 15.9 Å². The zero-order valence-electron chi connectivity index (χ0n) is 13.2. The first-order valence-corrected chi connectivity index (χ1v) is 8.93. The summed E-state index contributed by atoms with van der Waals surface area (Å²) in [6, 6.07) is 8.04. The molecule has 3 rings (SSSR count). The molecule has 0 spiro atoms. The summed E-state index contributed by atoms with van der Waals surface area (Å²) in [7, 11) is 0. The van der Waals surface area contributed by atoms with Crippen LogP contribution in [-0.2, 0) is 24.1 Å². The Morgan fingerprint density at radius 3 is 2.76 bits per heavy atom. The zero-order valence-corrected chi connectivity index (χ0v) is 14.8. The van der Waals surface area contributed by atoms with Crippen LogP contribution in [0.15, 0.2) is 48.1 Å². The molecular weight excluding hydrogens is 361 g/mol. The van der Waals surface area contributed by atoms with Crippen molar-refractivity contribution >= 4 is 34.5 Å². The second kappa shape index (κ2) is 8.18. The fourth-order valence-electron chi connectivity index (χ4n) is 2.29. The number of carbonyl (C=O) groups excluding carboxylic acids is 1. The van der Waals surface area contributed by atoms with Crippen molar-refractivity contribution in [3.8, 4) is 0 Å². The van der Waals surface area contributed by atoms with Crippen LogP contribution < -0.4 is 5.32 Å². The van der Waals surface area contributed by atoms with Crippen molar-refractivity contribution in [3.63, 3.8) is 0 Å². The van der Waals surface area contributed by atoms with Gasteiger partial charge in [-0.2, -0.15) is 0 Å². The molecule has 1 amide bonds. The first kappa shape index (κ1) is 17.5. The molecule has 25 heavy (non-hydrogen) atoms. The Hall–Kier alpha value is -2.31. The maximum atomic E-state index is 13.1. The number of carbonyl (C=O) groups is 1. The molecule has 0 bridgehead atoms. The molecule has 128 valence electrons. The summed E-state index contributed by atoms with van der Waals surface area (Å²) in [4.78, 5) is 20.6. The minimum Gasteiger partial charge on any atom is -0.326 e. The summed E-state index contributed by atoms with van der Waals surface area (Å²) < 4.78 is 13.1. The topological polar surface area (TPSA) is 54.9 Å². The minimum absolute atomic E-state index is 0.0233. The number of benzene rings is 1. The molecule has 0 unspecified atom stereocenters. The van der Waals surface area contributed by atoms with Crippen molar-refractivity contribution in [1.29, 1.82) is 0 Å². The molecule has 0 saturated heterocycles. The largest absolute Gasteiger partial charge is 0.326 e. The van der Waals surface area contributed by atoms with Crippen LogP contribution in [0.25, 0.3) is 0 Å². The number of nitrogens with one attached hydrogen (secondary N) is 1. The monoisotopic (exact) mass is 375 g/mol. The normalized spacial score (nSPS) is 10.6. The van der Waals surface area contributed by atoms with Gasteiger partial charge in [0.25, 0.3) is 0 Å². The van der Waals surface area contributed by atoms with Crippen LogP contribution in [0, 0.1) is 5.82 Å². The van der Waals surface area contributed by atoms with Gasteiger partial charge in [0.2, 0.25) is 5.91 Å².